The van der Waals surface area contributed by atoms with Crippen LogP contribution in [0.4, 0.5) is 0 Å². The minimum absolute atomic E-state index is 0.0871. The molecule has 0 fully saturated rings. The maximum Gasteiger partial charge on any atom is 0.240 e. The fraction of sp³-hybridized carbons (Fsp3) is 0.500. The van der Waals surface area contributed by atoms with Crippen LogP contribution in [0.2, 0.25) is 0 Å². The fourth-order valence-corrected chi connectivity index (χ4v) is 2.61. The van der Waals surface area contributed by atoms with Crippen molar-refractivity contribution in [1.29, 1.82) is 0 Å². The molecule has 0 saturated carbocycles. The van der Waals surface area contributed by atoms with Crippen LogP contribution in [0, 0.1) is 5.92 Å². The Labute approximate surface area is 103 Å². The summed E-state index contributed by atoms with van der Waals surface area (Å²) in [4.78, 5) is 0.224. The van der Waals surface area contributed by atoms with Crippen molar-refractivity contribution in [1.82, 2.24) is 4.72 Å². The minimum atomic E-state index is -3.46. The summed E-state index contributed by atoms with van der Waals surface area (Å²) in [7, 11) is -3.46. The molecule has 1 aromatic rings. The molecule has 0 aliphatic carbocycles. The van der Waals surface area contributed by atoms with Crippen LogP contribution in [0.1, 0.15) is 26.3 Å². The monoisotopic (exact) mass is 257 g/mol. The van der Waals surface area contributed by atoms with Crippen LogP contribution in [-0.2, 0) is 16.6 Å². The molecule has 2 N–H and O–H groups in total. The third kappa shape index (κ3) is 3.80. The molecule has 4 nitrogen and oxygen atoms in total. The van der Waals surface area contributed by atoms with Gasteiger partial charge in [0.1, 0.15) is 0 Å². The third-order valence-electron chi connectivity index (χ3n) is 2.76. The number of nitrogens with one attached hydrogen (secondary N) is 1. The minimum Gasteiger partial charge on any atom is -0.392 e. The second kappa shape index (κ2) is 5.62. The number of benzene rings is 1. The molecule has 17 heavy (non-hydrogen) atoms. The largest absolute Gasteiger partial charge is 0.392 e. The van der Waals surface area contributed by atoms with Crippen molar-refractivity contribution in [2.24, 2.45) is 5.92 Å². The van der Waals surface area contributed by atoms with Crippen molar-refractivity contribution < 1.29 is 13.5 Å². The highest BCUT2D eigenvalue weighted by molar-refractivity contribution is 7.89. The lowest BCUT2D eigenvalue weighted by Gasteiger charge is -2.17. The molecule has 1 aromatic carbocycles. The summed E-state index contributed by atoms with van der Waals surface area (Å²) >= 11 is 0. The molecule has 0 saturated heterocycles. The van der Waals surface area contributed by atoms with Gasteiger partial charge >= 0.3 is 0 Å². The van der Waals surface area contributed by atoms with E-state index in [1.54, 1.807) is 12.1 Å². The first-order valence-electron chi connectivity index (χ1n) is 5.59. The lowest BCUT2D eigenvalue weighted by atomic mass is 10.1. The highest BCUT2D eigenvalue weighted by atomic mass is 32.2. The first-order chi connectivity index (χ1) is 7.86. The number of rotatable bonds is 5. The van der Waals surface area contributed by atoms with Gasteiger partial charge in [0.05, 0.1) is 11.5 Å². The van der Waals surface area contributed by atoms with Crippen LogP contribution in [-0.4, -0.2) is 19.6 Å². The van der Waals surface area contributed by atoms with Crippen LogP contribution < -0.4 is 4.72 Å². The molecule has 0 aromatic heterocycles. The van der Waals surface area contributed by atoms with Gasteiger partial charge in [-0.1, -0.05) is 26.0 Å². The summed E-state index contributed by atoms with van der Waals surface area (Å²) in [5.41, 5.74) is 0.695. The molecule has 1 rings (SSSR count). The standard InChI is InChI=1S/C12H19NO3S/c1-9(2)10(3)13-17(15,16)12-6-4-11(8-14)5-7-12/h4-7,9-10,13-14H,8H2,1-3H3. The number of aliphatic hydroxyl groups is 1. The van der Waals surface area contributed by atoms with E-state index in [0.717, 1.165) is 0 Å². The molecule has 0 aliphatic rings. The van der Waals surface area contributed by atoms with Crippen molar-refractivity contribution in [3.05, 3.63) is 29.8 Å². The normalized spacial score (nSPS) is 13.9. The highest BCUT2D eigenvalue weighted by Gasteiger charge is 2.18. The van der Waals surface area contributed by atoms with Crippen LogP contribution in [0.25, 0.3) is 0 Å². The molecule has 0 aliphatic heterocycles. The summed E-state index contributed by atoms with van der Waals surface area (Å²) in [5, 5.41) is 8.88. The van der Waals surface area contributed by atoms with Gasteiger partial charge in [-0.15, -0.1) is 0 Å². The molecule has 1 atom stereocenters. The van der Waals surface area contributed by atoms with Gasteiger partial charge in [-0.2, -0.15) is 0 Å². The summed E-state index contributed by atoms with van der Waals surface area (Å²) in [6.07, 6.45) is 0. The lowest BCUT2D eigenvalue weighted by molar-refractivity contribution is 0.282. The van der Waals surface area contributed by atoms with Gasteiger partial charge in [-0.3, -0.25) is 0 Å². The first kappa shape index (κ1) is 14.2. The smallest absolute Gasteiger partial charge is 0.240 e. The molecule has 0 radical (unpaired) electrons. The molecule has 5 heteroatoms. The predicted molar refractivity (Wildman–Crippen MR) is 67.0 cm³/mol. The zero-order chi connectivity index (χ0) is 13.1. The van der Waals surface area contributed by atoms with Gasteiger partial charge in [0.15, 0.2) is 0 Å². The highest BCUT2D eigenvalue weighted by Crippen LogP contribution is 2.12. The second-order valence-electron chi connectivity index (χ2n) is 4.46. The van der Waals surface area contributed by atoms with E-state index in [0.29, 0.717) is 5.56 Å². The number of hydrogen-bond acceptors (Lipinski definition) is 3. The number of hydrogen-bond donors (Lipinski definition) is 2. The molecule has 1 unspecified atom stereocenters. The molecule has 0 spiro atoms. The van der Waals surface area contributed by atoms with E-state index >= 15 is 0 Å². The van der Waals surface area contributed by atoms with Crippen molar-refractivity contribution in [3.8, 4) is 0 Å². The zero-order valence-electron chi connectivity index (χ0n) is 10.3. The van der Waals surface area contributed by atoms with Crippen molar-refractivity contribution in [2.45, 2.75) is 38.3 Å². The quantitative estimate of drug-likeness (QED) is 0.840. The average molecular weight is 257 g/mol. The number of aliphatic hydroxyl groups excluding tert-OH is 1. The molecule has 0 heterocycles. The van der Waals surface area contributed by atoms with E-state index in [9.17, 15) is 8.42 Å². The maximum atomic E-state index is 12.0. The Balaban J connectivity index is 2.89. The lowest BCUT2D eigenvalue weighted by Crippen LogP contribution is -2.36. The maximum absolute atomic E-state index is 12.0. The van der Waals surface area contributed by atoms with E-state index in [-0.39, 0.29) is 23.5 Å². The van der Waals surface area contributed by atoms with Crippen LogP contribution >= 0.6 is 0 Å². The first-order valence-corrected chi connectivity index (χ1v) is 7.07. The SMILES string of the molecule is CC(C)C(C)NS(=O)(=O)c1ccc(CO)cc1. The summed E-state index contributed by atoms with van der Waals surface area (Å²) < 4.78 is 26.6. The topological polar surface area (TPSA) is 66.4 Å². The predicted octanol–water partition coefficient (Wildman–Crippen LogP) is 1.50. The van der Waals surface area contributed by atoms with Crippen molar-refractivity contribution in [3.63, 3.8) is 0 Å². The Hall–Kier alpha value is -0.910. The van der Waals surface area contributed by atoms with Gasteiger partial charge < -0.3 is 5.11 Å². The average Bonchev–Trinajstić information content (AvgIpc) is 2.28. The van der Waals surface area contributed by atoms with Gasteiger partial charge in [-0.05, 0) is 30.5 Å². The Morgan fingerprint density at radius 1 is 1.18 bits per heavy atom. The Morgan fingerprint density at radius 2 is 1.71 bits per heavy atom. The van der Waals surface area contributed by atoms with E-state index in [1.165, 1.54) is 12.1 Å². The van der Waals surface area contributed by atoms with Crippen LogP contribution in [0.5, 0.6) is 0 Å². The van der Waals surface area contributed by atoms with E-state index in [4.69, 9.17) is 5.11 Å². The summed E-state index contributed by atoms with van der Waals surface area (Å²) in [5.74, 6) is 0.237. The molecule has 0 amide bonds. The Morgan fingerprint density at radius 3 is 2.12 bits per heavy atom. The van der Waals surface area contributed by atoms with Crippen LogP contribution in [0.3, 0.4) is 0 Å². The Bertz CT molecular complexity index is 451. The van der Waals surface area contributed by atoms with Crippen LogP contribution in [0.15, 0.2) is 29.2 Å². The third-order valence-corrected chi connectivity index (χ3v) is 4.33. The number of sulfonamides is 1. The van der Waals surface area contributed by atoms with Gasteiger partial charge in [0, 0.05) is 6.04 Å². The Kier molecular flexibility index (Phi) is 4.68. The summed E-state index contributed by atoms with van der Waals surface area (Å²) in [6, 6.07) is 6.10. The molecular weight excluding hydrogens is 238 g/mol. The summed E-state index contributed by atoms with van der Waals surface area (Å²) in [6.45, 7) is 5.67. The van der Waals surface area contributed by atoms with E-state index < -0.39 is 10.0 Å². The molecular formula is C12H19NO3S. The van der Waals surface area contributed by atoms with Gasteiger partial charge in [-0.25, -0.2) is 13.1 Å². The van der Waals surface area contributed by atoms with E-state index in [1.807, 2.05) is 20.8 Å². The second-order valence-corrected chi connectivity index (χ2v) is 6.17. The van der Waals surface area contributed by atoms with E-state index in [2.05, 4.69) is 4.72 Å². The van der Waals surface area contributed by atoms with Gasteiger partial charge in [0.2, 0.25) is 10.0 Å². The fourth-order valence-electron chi connectivity index (χ4n) is 1.22. The molecule has 96 valence electrons. The van der Waals surface area contributed by atoms with Crippen molar-refractivity contribution in [2.75, 3.05) is 0 Å². The van der Waals surface area contributed by atoms with Gasteiger partial charge in [0.25, 0.3) is 0 Å². The van der Waals surface area contributed by atoms with Crippen molar-refractivity contribution >= 4 is 10.0 Å². The zero-order valence-corrected chi connectivity index (χ0v) is 11.2. The molecule has 0 bridgehead atoms.